The summed E-state index contributed by atoms with van der Waals surface area (Å²) in [4.78, 5) is 22.6. The van der Waals surface area contributed by atoms with Gasteiger partial charge in [0.2, 0.25) is 0 Å². The maximum Gasteiger partial charge on any atom is 0.335 e. The fraction of sp³-hybridized carbons (Fsp3) is 0.429. The number of carbonyl (C=O) groups excluding carboxylic acids is 1. The summed E-state index contributed by atoms with van der Waals surface area (Å²) < 4.78 is 5.41. The van der Waals surface area contributed by atoms with E-state index in [0.29, 0.717) is 12.3 Å². The van der Waals surface area contributed by atoms with Crippen LogP contribution >= 0.6 is 0 Å². The third-order valence-corrected chi connectivity index (χ3v) is 3.20. The quantitative estimate of drug-likeness (QED) is 0.769. The van der Waals surface area contributed by atoms with Gasteiger partial charge < -0.3 is 20.5 Å². The number of anilines is 1. The number of carboxylic acids is 1. The molecule has 0 saturated heterocycles. The van der Waals surface area contributed by atoms with Gasteiger partial charge in [0, 0.05) is 18.3 Å². The van der Waals surface area contributed by atoms with Crippen LogP contribution in [-0.4, -0.2) is 35.9 Å². The Morgan fingerprint density at radius 3 is 2.80 bits per heavy atom. The maximum absolute atomic E-state index is 11.8. The summed E-state index contributed by atoms with van der Waals surface area (Å²) in [7, 11) is 0. The molecular formula is C14H18N2O4. The lowest BCUT2D eigenvalue weighted by atomic mass is 9.89. The second-order valence-corrected chi connectivity index (χ2v) is 4.73. The number of hydrogen-bond acceptors (Lipinski definition) is 3. The van der Waals surface area contributed by atoms with Gasteiger partial charge in [0.25, 0.3) is 0 Å². The Balaban J connectivity index is 1.80. The van der Waals surface area contributed by atoms with Crippen LogP contribution in [0.25, 0.3) is 0 Å². The number of benzene rings is 1. The molecule has 0 aromatic heterocycles. The monoisotopic (exact) mass is 278 g/mol. The van der Waals surface area contributed by atoms with E-state index in [-0.39, 0.29) is 23.7 Å². The van der Waals surface area contributed by atoms with Crippen LogP contribution in [0, 0.1) is 0 Å². The summed E-state index contributed by atoms with van der Waals surface area (Å²) in [5, 5.41) is 14.3. The Morgan fingerprint density at radius 1 is 1.40 bits per heavy atom. The molecule has 3 N–H and O–H groups in total. The number of rotatable bonds is 5. The third-order valence-electron chi connectivity index (χ3n) is 3.20. The molecule has 0 heterocycles. The zero-order valence-corrected chi connectivity index (χ0v) is 11.3. The fourth-order valence-corrected chi connectivity index (χ4v) is 2.14. The average Bonchev–Trinajstić information content (AvgIpc) is 2.36. The largest absolute Gasteiger partial charge is 0.478 e. The number of urea groups is 1. The molecule has 6 nitrogen and oxygen atoms in total. The predicted octanol–water partition coefficient (Wildman–Crippen LogP) is 2.07. The Kier molecular flexibility index (Phi) is 4.57. The van der Waals surface area contributed by atoms with Crippen molar-refractivity contribution in [3.63, 3.8) is 0 Å². The van der Waals surface area contributed by atoms with Crippen LogP contribution in [0.5, 0.6) is 0 Å². The summed E-state index contributed by atoms with van der Waals surface area (Å²) >= 11 is 0. The van der Waals surface area contributed by atoms with E-state index in [9.17, 15) is 9.59 Å². The molecule has 1 aromatic rings. The van der Waals surface area contributed by atoms with E-state index in [1.165, 1.54) is 12.1 Å². The van der Waals surface area contributed by atoms with Crippen LogP contribution in [0.4, 0.5) is 10.5 Å². The molecule has 1 fully saturated rings. The van der Waals surface area contributed by atoms with Gasteiger partial charge in [-0.05, 0) is 38.0 Å². The van der Waals surface area contributed by atoms with E-state index >= 15 is 0 Å². The molecule has 0 aliphatic heterocycles. The summed E-state index contributed by atoms with van der Waals surface area (Å²) in [5.74, 6) is -1.02. The molecule has 108 valence electrons. The highest BCUT2D eigenvalue weighted by Gasteiger charge is 2.30. The van der Waals surface area contributed by atoms with Gasteiger partial charge in [0.05, 0.1) is 11.7 Å². The third kappa shape index (κ3) is 3.71. The Morgan fingerprint density at radius 2 is 2.15 bits per heavy atom. The van der Waals surface area contributed by atoms with Crippen LogP contribution in [0.15, 0.2) is 24.3 Å². The van der Waals surface area contributed by atoms with E-state index in [2.05, 4.69) is 10.6 Å². The maximum atomic E-state index is 11.8. The first-order valence-electron chi connectivity index (χ1n) is 6.61. The van der Waals surface area contributed by atoms with E-state index in [1.54, 1.807) is 12.1 Å². The van der Waals surface area contributed by atoms with Crippen molar-refractivity contribution in [2.45, 2.75) is 31.9 Å². The lowest BCUT2D eigenvalue weighted by Gasteiger charge is -2.35. The minimum absolute atomic E-state index is 0.120. The Bertz CT molecular complexity index is 498. The number of carbonyl (C=O) groups is 2. The van der Waals surface area contributed by atoms with Crippen molar-refractivity contribution in [1.29, 1.82) is 0 Å². The summed E-state index contributed by atoms with van der Waals surface area (Å²) in [5.41, 5.74) is 0.603. The molecule has 1 aromatic carbocycles. The van der Waals surface area contributed by atoms with Gasteiger partial charge in [-0.1, -0.05) is 6.07 Å². The van der Waals surface area contributed by atoms with Gasteiger partial charge in [0.1, 0.15) is 0 Å². The van der Waals surface area contributed by atoms with Crippen LogP contribution in [-0.2, 0) is 4.74 Å². The van der Waals surface area contributed by atoms with Gasteiger partial charge in [-0.15, -0.1) is 0 Å². The molecular weight excluding hydrogens is 260 g/mol. The van der Waals surface area contributed by atoms with Crippen LogP contribution in [0.2, 0.25) is 0 Å². The van der Waals surface area contributed by atoms with Gasteiger partial charge in [-0.2, -0.15) is 0 Å². The lowest BCUT2D eigenvalue weighted by Crippen LogP contribution is -2.49. The van der Waals surface area contributed by atoms with Crippen molar-refractivity contribution < 1.29 is 19.4 Å². The minimum Gasteiger partial charge on any atom is -0.478 e. The first-order valence-corrected chi connectivity index (χ1v) is 6.61. The Hall–Kier alpha value is -2.08. The van der Waals surface area contributed by atoms with Gasteiger partial charge in [-0.3, -0.25) is 0 Å². The first kappa shape index (κ1) is 14.3. The highest BCUT2D eigenvalue weighted by Crippen LogP contribution is 2.23. The summed E-state index contributed by atoms with van der Waals surface area (Å²) in [6.07, 6.45) is 1.87. The van der Waals surface area contributed by atoms with Crippen molar-refractivity contribution in [3.8, 4) is 0 Å². The van der Waals surface area contributed by atoms with E-state index in [1.807, 2.05) is 6.92 Å². The van der Waals surface area contributed by atoms with Crippen molar-refractivity contribution in [2.75, 3.05) is 11.9 Å². The van der Waals surface area contributed by atoms with E-state index < -0.39 is 5.97 Å². The number of amides is 2. The standard InChI is InChI=1S/C14H18N2O4/c1-2-20-12-7-11(8-12)16-14(19)15-10-5-3-4-9(6-10)13(17)18/h3-6,11-12H,2,7-8H2,1H3,(H,17,18)(H2,15,16,19). The lowest BCUT2D eigenvalue weighted by molar-refractivity contribution is -0.00673. The highest BCUT2D eigenvalue weighted by atomic mass is 16.5. The number of ether oxygens (including phenoxy) is 1. The Labute approximate surface area is 117 Å². The molecule has 0 bridgehead atoms. The molecule has 2 rings (SSSR count). The number of aromatic carboxylic acids is 1. The molecule has 1 saturated carbocycles. The molecule has 0 radical (unpaired) electrons. The fourth-order valence-electron chi connectivity index (χ4n) is 2.14. The first-order chi connectivity index (χ1) is 9.58. The zero-order chi connectivity index (χ0) is 14.5. The zero-order valence-electron chi connectivity index (χ0n) is 11.3. The molecule has 1 aliphatic rings. The van der Waals surface area contributed by atoms with Crippen LogP contribution in [0.3, 0.4) is 0 Å². The van der Waals surface area contributed by atoms with Gasteiger partial charge in [0.15, 0.2) is 0 Å². The van der Waals surface area contributed by atoms with Crippen molar-refractivity contribution in [2.24, 2.45) is 0 Å². The molecule has 0 unspecified atom stereocenters. The molecule has 0 spiro atoms. The number of carboxylic acid groups (broad SMARTS) is 1. The van der Waals surface area contributed by atoms with E-state index in [4.69, 9.17) is 9.84 Å². The predicted molar refractivity (Wildman–Crippen MR) is 74.0 cm³/mol. The van der Waals surface area contributed by atoms with Gasteiger partial charge >= 0.3 is 12.0 Å². The number of nitrogens with one attached hydrogen (secondary N) is 2. The van der Waals surface area contributed by atoms with Crippen molar-refractivity contribution >= 4 is 17.7 Å². The number of hydrogen-bond donors (Lipinski definition) is 3. The average molecular weight is 278 g/mol. The molecule has 20 heavy (non-hydrogen) atoms. The second-order valence-electron chi connectivity index (χ2n) is 4.73. The smallest absolute Gasteiger partial charge is 0.335 e. The molecule has 6 heteroatoms. The summed E-state index contributed by atoms with van der Waals surface area (Å²) in [6, 6.07) is 5.93. The normalized spacial score (nSPS) is 20.9. The minimum atomic E-state index is -1.02. The van der Waals surface area contributed by atoms with Crippen molar-refractivity contribution in [1.82, 2.24) is 5.32 Å². The molecule has 1 aliphatic carbocycles. The second kappa shape index (κ2) is 6.38. The SMILES string of the molecule is CCOC1CC(NC(=O)Nc2cccc(C(=O)O)c2)C1. The van der Waals surface area contributed by atoms with Gasteiger partial charge in [-0.25, -0.2) is 9.59 Å². The summed E-state index contributed by atoms with van der Waals surface area (Å²) in [6.45, 7) is 2.63. The van der Waals surface area contributed by atoms with Crippen molar-refractivity contribution in [3.05, 3.63) is 29.8 Å². The van der Waals surface area contributed by atoms with Crippen LogP contribution in [0.1, 0.15) is 30.1 Å². The van der Waals surface area contributed by atoms with Crippen LogP contribution < -0.4 is 10.6 Å². The topological polar surface area (TPSA) is 87.7 Å². The highest BCUT2D eigenvalue weighted by molar-refractivity contribution is 5.93. The molecule has 0 atom stereocenters. The molecule has 2 amide bonds. The van der Waals surface area contributed by atoms with E-state index in [0.717, 1.165) is 12.8 Å².